The van der Waals surface area contributed by atoms with E-state index in [4.69, 9.17) is 10.00 Å². The van der Waals surface area contributed by atoms with Crippen molar-refractivity contribution in [1.82, 2.24) is 4.90 Å². The molecule has 6 heteroatoms. The topological polar surface area (TPSA) is 53.3 Å². The molecule has 1 aromatic carbocycles. The number of ether oxygens (including phenoxy) is 1. The van der Waals surface area contributed by atoms with Gasteiger partial charge in [-0.05, 0) is 17.7 Å². The number of nitriles is 1. The highest BCUT2D eigenvalue weighted by Gasteiger charge is 2.25. The smallest absolute Gasteiger partial charge is 0.307 e. The molecule has 0 unspecified atom stereocenters. The Balaban J connectivity index is 2.08. The Morgan fingerprint density at radius 1 is 1.62 bits per heavy atom. The molecule has 1 fully saturated rings. The highest BCUT2D eigenvalue weighted by molar-refractivity contribution is 7.99. The lowest BCUT2D eigenvalue weighted by molar-refractivity contribution is -0.141. The zero-order valence-electron chi connectivity index (χ0n) is 11.8. The third-order valence-electron chi connectivity index (χ3n) is 3.52. The van der Waals surface area contributed by atoms with Gasteiger partial charge in [0, 0.05) is 30.6 Å². The Labute approximate surface area is 127 Å². The van der Waals surface area contributed by atoms with Crippen LogP contribution < -0.4 is 0 Å². The van der Waals surface area contributed by atoms with Gasteiger partial charge in [0.15, 0.2) is 0 Å². The van der Waals surface area contributed by atoms with Crippen LogP contribution in [0.5, 0.6) is 0 Å². The van der Waals surface area contributed by atoms with Crippen molar-refractivity contribution in [2.75, 3.05) is 25.2 Å². The zero-order valence-corrected chi connectivity index (χ0v) is 12.7. The van der Waals surface area contributed by atoms with E-state index in [0.29, 0.717) is 13.0 Å². The molecule has 1 aliphatic rings. The van der Waals surface area contributed by atoms with E-state index in [-0.39, 0.29) is 17.6 Å². The van der Waals surface area contributed by atoms with Crippen molar-refractivity contribution >= 4 is 17.7 Å². The predicted octanol–water partition coefficient (Wildman–Crippen LogP) is 2.18. The highest BCUT2D eigenvalue weighted by Crippen LogP contribution is 2.22. The molecule has 1 aliphatic heterocycles. The fourth-order valence-corrected chi connectivity index (χ4v) is 3.48. The molecule has 1 heterocycles. The van der Waals surface area contributed by atoms with Gasteiger partial charge < -0.3 is 4.74 Å². The van der Waals surface area contributed by atoms with Gasteiger partial charge in [0.05, 0.1) is 19.1 Å². The second kappa shape index (κ2) is 7.43. The summed E-state index contributed by atoms with van der Waals surface area (Å²) in [6, 6.07) is 6.56. The molecule has 2 rings (SSSR count). The number of benzene rings is 1. The molecule has 0 N–H and O–H groups in total. The Bertz CT molecular complexity index is 559. The van der Waals surface area contributed by atoms with Crippen molar-refractivity contribution in [2.24, 2.45) is 0 Å². The quantitative estimate of drug-likeness (QED) is 0.798. The van der Waals surface area contributed by atoms with Gasteiger partial charge in [-0.1, -0.05) is 6.07 Å². The first-order valence-corrected chi connectivity index (χ1v) is 7.86. The number of esters is 1. The van der Waals surface area contributed by atoms with Crippen LogP contribution in [0, 0.1) is 17.1 Å². The van der Waals surface area contributed by atoms with Gasteiger partial charge in [-0.3, -0.25) is 9.69 Å². The molecule has 1 atom stereocenters. The van der Waals surface area contributed by atoms with E-state index >= 15 is 0 Å². The van der Waals surface area contributed by atoms with Crippen LogP contribution in [-0.4, -0.2) is 42.1 Å². The van der Waals surface area contributed by atoms with Gasteiger partial charge in [0.1, 0.15) is 11.9 Å². The maximum atomic E-state index is 13.3. The molecule has 0 radical (unpaired) electrons. The normalized spacial score (nSPS) is 19.0. The van der Waals surface area contributed by atoms with Crippen molar-refractivity contribution in [3.8, 4) is 6.07 Å². The van der Waals surface area contributed by atoms with Gasteiger partial charge in [0.25, 0.3) is 0 Å². The number of carbonyl (C=O) groups is 1. The predicted molar refractivity (Wildman–Crippen MR) is 79.3 cm³/mol. The summed E-state index contributed by atoms with van der Waals surface area (Å²) in [5, 5.41) is 8.88. The first-order valence-electron chi connectivity index (χ1n) is 6.71. The standard InChI is InChI=1S/C15H17FN2O2S/c1-20-15(19)7-13-10-21-5-4-18(13)9-11-2-3-14(16)12(6-11)8-17/h2-3,6,13H,4-5,7,9-10H2,1H3/t13-/m1/s1. The summed E-state index contributed by atoms with van der Waals surface area (Å²) in [4.78, 5) is 13.7. The van der Waals surface area contributed by atoms with Crippen LogP contribution in [0.3, 0.4) is 0 Å². The third-order valence-corrected chi connectivity index (χ3v) is 4.61. The van der Waals surface area contributed by atoms with Crippen molar-refractivity contribution in [3.05, 3.63) is 35.1 Å². The number of halogens is 1. The van der Waals surface area contributed by atoms with Crippen molar-refractivity contribution in [3.63, 3.8) is 0 Å². The second-order valence-corrected chi connectivity index (χ2v) is 6.06. The minimum absolute atomic E-state index is 0.0587. The lowest BCUT2D eigenvalue weighted by Crippen LogP contribution is -2.43. The van der Waals surface area contributed by atoms with Crippen LogP contribution in [0.15, 0.2) is 18.2 Å². The van der Waals surface area contributed by atoms with Crippen LogP contribution in [0.25, 0.3) is 0 Å². The molecule has 0 spiro atoms. The van der Waals surface area contributed by atoms with Crippen LogP contribution in [-0.2, 0) is 16.1 Å². The summed E-state index contributed by atoms with van der Waals surface area (Å²) in [7, 11) is 1.39. The number of hydrogen-bond donors (Lipinski definition) is 0. The Hall–Kier alpha value is -1.58. The Morgan fingerprint density at radius 3 is 3.14 bits per heavy atom. The van der Waals surface area contributed by atoms with Gasteiger partial charge in [0.2, 0.25) is 0 Å². The lowest BCUT2D eigenvalue weighted by atomic mass is 10.1. The lowest BCUT2D eigenvalue weighted by Gasteiger charge is -2.34. The third kappa shape index (κ3) is 4.19. The molecule has 0 aromatic heterocycles. The molecule has 112 valence electrons. The number of carbonyl (C=O) groups excluding carboxylic acids is 1. The van der Waals surface area contributed by atoms with Gasteiger partial charge in [-0.25, -0.2) is 4.39 Å². The summed E-state index contributed by atoms with van der Waals surface area (Å²) < 4.78 is 18.1. The number of nitrogens with zero attached hydrogens (tertiary/aromatic N) is 2. The summed E-state index contributed by atoms with van der Waals surface area (Å²) in [6.07, 6.45) is 0.357. The van der Waals surface area contributed by atoms with E-state index in [2.05, 4.69) is 4.90 Å². The fraction of sp³-hybridized carbons (Fsp3) is 0.467. The molecule has 21 heavy (non-hydrogen) atoms. The molecule has 0 aliphatic carbocycles. The number of methoxy groups -OCH3 is 1. The van der Waals surface area contributed by atoms with Crippen molar-refractivity contribution < 1.29 is 13.9 Å². The van der Waals surface area contributed by atoms with E-state index in [9.17, 15) is 9.18 Å². The molecule has 1 saturated heterocycles. The average Bonchev–Trinajstić information content (AvgIpc) is 2.51. The summed E-state index contributed by atoms with van der Waals surface area (Å²) >= 11 is 1.82. The molecule has 4 nitrogen and oxygen atoms in total. The molecule has 0 bridgehead atoms. The minimum Gasteiger partial charge on any atom is -0.469 e. The van der Waals surface area contributed by atoms with E-state index in [1.165, 1.54) is 13.2 Å². The van der Waals surface area contributed by atoms with Crippen molar-refractivity contribution in [1.29, 1.82) is 5.26 Å². The van der Waals surface area contributed by atoms with Gasteiger partial charge >= 0.3 is 5.97 Å². The molecule has 0 saturated carbocycles. The van der Waals surface area contributed by atoms with Gasteiger partial charge in [-0.2, -0.15) is 17.0 Å². The summed E-state index contributed by atoms with van der Waals surface area (Å²) in [6.45, 7) is 1.47. The monoisotopic (exact) mass is 308 g/mol. The Kier molecular flexibility index (Phi) is 5.59. The van der Waals surface area contributed by atoms with E-state index in [1.54, 1.807) is 12.1 Å². The molecule has 1 aromatic rings. The zero-order chi connectivity index (χ0) is 15.2. The highest BCUT2D eigenvalue weighted by atomic mass is 32.2. The fourth-order valence-electron chi connectivity index (χ4n) is 2.35. The van der Waals surface area contributed by atoms with E-state index in [1.807, 2.05) is 17.8 Å². The first-order chi connectivity index (χ1) is 10.1. The maximum Gasteiger partial charge on any atom is 0.307 e. The van der Waals surface area contributed by atoms with E-state index < -0.39 is 5.82 Å². The molecular formula is C15H17FN2O2S. The molecule has 0 amide bonds. The van der Waals surface area contributed by atoms with E-state index in [0.717, 1.165) is 23.6 Å². The summed E-state index contributed by atoms with van der Waals surface area (Å²) in [5.74, 6) is 1.16. The average molecular weight is 308 g/mol. The first kappa shape index (κ1) is 15.8. The SMILES string of the molecule is COC(=O)C[C@@H]1CSCCN1Cc1ccc(F)c(C#N)c1. The largest absolute Gasteiger partial charge is 0.469 e. The Morgan fingerprint density at radius 2 is 2.43 bits per heavy atom. The van der Waals surface area contributed by atoms with Crippen LogP contribution >= 0.6 is 11.8 Å². The maximum absolute atomic E-state index is 13.3. The summed E-state index contributed by atoms with van der Waals surface area (Å²) in [5.41, 5.74) is 0.943. The number of thioether (sulfide) groups is 1. The van der Waals surface area contributed by atoms with Crippen LogP contribution in [0.4, 0.5) is 4.39 Å². The minimum atomic E-state index is -0.499. The number of hydrogen-bond acceptors (Lipinski definition) is 5. The molecular weight excluding hydrogens is 291 g/mol. The van der Waals surface area contributed by atoms with Crippen molar-refractivity contribution in [2.45, 2.75) is 19.0 Å². The second-order valence-electron chi connectivity index (χ2n) is 4.91. The van der Waals surface area contributed by atoms with Gasteiger partial charge in [-0.15, -0.1) is 0 Å². The van der Waals surface area contributed by atoms with Crippen LogP contribution in [0.2, 0.25) is 0 Å². The number of rotatable bonds is 4. The van der Waals surface area contributed by atoms with Crippen LogP contribution in [0.1, 0.15) is 17.5 Å².